The number of hydrogen-bond donors (Lipinski definition) is 4. The van der Waals surface area contributed by atoms with E-state index in [-0.39, 0.29) is 24.3 Å². The Morgan fingerprint density at radius 2 is 1.63 bits per heavy atom. The van der Waals surface area contributed by atoms with Gasteiger partial charge in [-0.15, -0.1) is 0 Å². The summed E-state index contributed by atoms with van der Waals surface area (Å²) in [5.41, 5.74) is 5.63. The van der Waals surface area contributed by atoms with Gasteiger partial charge in [-0.05, 0) is 19.8 Å². The second-order valence-electron chi connectivity index (χ2n) is 4.67. The molecule has 0 heterocycles. The van der Waals surface area contributed by atoms with E-state index in [2.05, 4.69) is 16.0 Å². The first kappa shape index (κ1) is 17.4. The second-order valence-corrected chi connectivity index (χ2v) is 4.67. The Kier molecular flexibility index (Phi) is 7.74. The molecule has 0 aromatic rings. The SMILES string of the molecule is CCNC(=O)C(C)NC(=O)CNC(=O)[C@@H](N)C(C)C. The van der Waals surface area contributed by atoms with Crippen LogP contribution in [0.2, 0.25) is 0 Å². The van der Waals surface area contributed by atoms with Gasteiger partial charge in [-0.1, -0.05) is 13.8 Å². The van der Waals surface area contributed by atoms with Crippen molar-refractivity contribution in [2.24, 2.45) is 11.7 Å². The molecule has 0 saturated heterocycles. The highest BCUT2D eigenvalue weighted by Gasteiger charge is 2.19. The first-order valence-electron chi connectivity index (χ1n) is 6.39. The molecule has 0 aliphatic carbocycles. The molecular weight excluding hydrogens is 248 g/mol. The van der Waals surface area contributed by atoms with Crippen molar-refractivity contribution >= 4 is 17.7 Å². The Labute approximate surface area is 113 Å². The van der Waals surface area contributed by atoms with Crippen molar-refractivity contribution < 1.29 is 14.4 Å². The first-order chi connectivity index (χ1) is 8.79. The zero-order chi connectivity index (χ0) is 15.0. The lowest BCUT2D eigenvalue weighted by molar-refractivity contribution is -0.129. The van der Waals surface area contributed by atoms with Crippen LogP contribution in [0.15, 0.2) is 0 Å². The lowest BCUT2D eigenvalue weighted by Gasteiger charge is -2.16. The number of likely N-dealkylation sites (N-methyl/N-ethyl adjacent to an activating group) is 1. The minimum absolute atomic E-state index is 0.00248. The Bertz CT molecular complexity index is 331. The average Bonchev–Trinajstić information content (AvgIpc) is 2.34. The van der Waals surface area contributed by atoms with Crippen molar-refractivity contribution in [1.82, 2.24) is 16.0 Å². The third kappa shape index (κ3) is 6.76. The summed E-state index contributed by atoms with van der Waals surface area (Å²) in [6.45, 7) is 7.31. The lowest BCUT2D eigenvalue weighted by Crippen LogP contribution is -2.50. The maximum Gasteiger partial charge on any atom is 0.242 e. The minimum atomic E-state index is -0.645. The number of hydrogen-bond acceptors (Lipinski definition) is 4. The number of nitrogens with one attached hydrogen (secondary N) is 3. The fraction of sp³-hybridized carbons (Fsp3) is 0.750. The van der Waals surface area contributed by atoms with E-state index >= 15 is 0 Å². The average molecular weight is 272 g/mol. The summed E-state index contributed by atoms with van der Waals surface area (Å²) in [6.07, 6.45) is 0. The van der Waals surface area contributed by atoms with Gasteiger partial charge in [0.05, 0.1) is 12.6 Å². The summed E-state index contributed by atoms with van der Waals surface area (Å²) < 4.78 is 0. The number of amides is 3. The molecule has 0 bridgehead atoms. The molecule has 0 aromatic heterocycles. The standard InChI is InChI=1S/C12H24N4O3/c1-5-14-11(18)8(4)16-9(17)6-15-12(19)10(13)7(2)3/h7-8,10H,5-6,13H2,1-4H3,(H,14,18)(H,15,19)(H,16,17)/t8?,10-/m0/s1. The monoisotopic (exact) mass is 272 g/mol. The fourth-order valence-corrected chi connectivity index (χ4v) is 1.27. The fourth-order valence-electron chi connectivity index (χ4n) is 1.27. The molecule has 5 N–H and O–H groups in total. The third-order valence-electron chi connectivity index (χ3n) is 2.57. The molecule has 0 spiro atoms. The molecule has 1 unspecified atom stereocenters. The van der Waals surface area contributed by atoms with Crippen molar-refractivity contribution in [2.75, 3.05) is 13.1 Å². The summed E-state index contributed by atoms with van der Waals surface area (Å²) >= 11 is 0. The number of carbonyl (C=O) groups is 3. The zero-order valence-electron chi connectivity index (χ0n) is 11.9. The van der Waals surface area contributed by atoms with E-state index in [1.54, 1.807) is 13.8 Å². The van der Waals surface area contributed by atoms with Gasteiger partial charge < -0.3 is 21.7 Å². The maximum atomic E-state index is 11.5. The summed E-state index contributed by atoms with van der Waals surface area (Å²) in [6, 6.07) is -1.28. The predicted molar refractivity (Wildman–Crippen MR) is 72.1 cm³/mol. The molecule has 2 atom stereocenters. The van der Waals surface area contributed by atoms with Gasteiger partial charge in [-0.3, -0.25) is 14.4 Å². The van der Waals surface area contributed by atoms with Crippen LogP contribution in [0.25, 0.3) is 0 Å². The summed E-state index contributed by atoms with van der Waals surface area (Å²) in [5.74, 6) is -1.07. The molecule has 7 nitrogen and oxygen atoms in total. The largest absolute Gasteiger partial charge is 0.355 e. The molecule has 110 valence electrons. The number of rotatable bonds is 7. The molecule has 0 rings (SSSR count). The van der Waals surface area contributed by atoms with Crippen molar-refractivity contribution in [2.45, 2.75) is 39.8 Å². The quantitative estimate of drug-likeness (QED) is 0.462. The highest BCUT2D eigenvalue weighted by atomic mass is 16.2. The summed E-state index contributed by atoms with van der Waals surface area (Å²) in [4.78, 5) is 34.4. The Morgan fingerprint density at radius 1 is 1.05 bits per heavy atom. The van der Waals surface area contributed by atoms with Crippen molar-refractivity contribution in [3.05, 3.63) is 0 Å². The van der Waals surface area contributed by atoms with E-state index < -0.39 is 18.0 Å². The van der Waals surface area contributed by atoms with Crippen molar-refractivity contribution in [3.8, 4) is 0 Å². The van der Waals surface area contributed by atoms with Gasteiger partial charge in [-0.25, -0.2) is 0 Å². The van der Waals surface area contributed by atoms with Gasteiger partial charge in [0.15, 0.2) is 0 Å². The van der Waals surface area contributed by atoms with Gasteiger partial charge >= 0.3 is 0 Å². The molecule has 19 heavy (non-hydrogen) atoms. The Morgan fingerprint density at radius 3 is 2.11 bits per heavy atom. The highest BCUT2D eigenvalue weighted by Crippen LogP contribution is 1.97. The van der Waals surface area contributed by atoms with Crippen LogP contribution < -0.4 is 21.7 Å². The van der Waals surface area contributed by atoms with Crippen LogP contribution in [0, 0.1) is 5.92 Å². The second kappa shape index (κ2) is 8.47. The van der Waals surface area contributed by atoms with E-state index in [9.17, 15) is 14.4 Å². The smallest absolute Gasteiger partial charge is 0.242 e. The van der Waals surface area contributed by atoms with Crippen LogP contribution >= 0.6 is 0 Å². The van der Waals surface area contributed by atoms with Crippen LogP contribution in [0.5, 0.6) is 0 Å². The van der Waals surface area contributed by atoms with E-state index in [0.29, 0.717) is 6.54 Å². The van der Waals surface area contributed by atoms with Gasteiger partial charge in [-0.2, -0.15) is 0 Å². The van der Waals surface area contributed by atoms with E-state index in [4.69, 9.17) is 5.73 Å². The number of carbonyl (C=O) groups excluding carboxylic acids is 3. The normalized spacial score (nSPS) is 13.6. The zero-order valence-corrected chi connectivity index (χ0v) is 11.9. The van der Waals surface area contributed by atoms with Gasteiger partial charge in [0, 0.05) is 6.54 Å². The molecule has 0 radical (unpaired) electrons. The minimum Gasteiger partial charge on any atom is -0.355 e. The van der Waals surface area contributed by atoms with Crippen LogP contribution in [-0.4, -0.2) is 42.9 Å². The Balaban J connectivity index is 4.06. The molecule has 7 heteroatoms. The summed E-state index contributed by atoms with van der Waals surface area (Å²) in [5, 5.41) is 7.50. The summed E-state index contributed by atoms with van der Waals surface area (Å²) in [7, 11) is 0. The van der Waals surface area contributed by atoms with Crippen LogP contribution in [0.3, 0.4) is 0 Å². The van der Waals surface area contributed by atoms with Gasteiger partial charge in [0.1, 0.15) is 6.04 Å². The molecule has 0 fully saturated rings. The topological polar surface area (TPSA) is 113 Å². The van der Waals surface area contributed by atoms with Gasteiger partial charge in [0.25, 0.3) is 0 Å². The number of nitrogens with two attached hydrogens (primary N) is 1. The molecule has 0 aliphatic heterocycles. The Hall–Kier alpha value is -1.63. The predicted octanol–water partition coefficient (Wildman–Crippen LogP) is -1.27. The molecule has 0 aromatic carbocycles. The third-order valence-corrected chi connectivity index (χ3v) is 2.57. The van der Waals surface area contributed by atoms with Crippen LogP contribution in [0.1, 0.15) is 27.7 Å². The molecule has 0 aliphatic rings. The van der Waals surface area contributed by atoms with E-state index in [1.165, 1.54) is 0 Å². The van der Waals surface area contributed by atoms with Crippen molar-refractivity contribution in [3.63, 3.8) is 0 Å². The molecule has 3 amide bonds. The lowest BCUT2D eigenvalue weighted by atomic mass is 10.1. The molecular formula is C12H24N4O3. The van der Waals surface area contributed by atoms with E-state index in [1.807, 2.05) is 13.8 Å². The highest BCUT2D eigenvalue weighted by molar-refractivity contribution is 5.90. The van der Waals surface area contributed by atoms with Crippen LogP contribution in [0.4, 0.5) is 0 Å². The van der Waals surface area contributed by atoms with Crippen molar-refractivity contribution in [1.29, 1.82) is 0 Å². The van der Waals surface area contributed by atoms with Crippen LogP contribution in [-0.2, 0) is 14.4 Å². The van der Waals surface area contributed by atoms with Gasteiger partial charge in [0.2, 0.25) is 17.7 Å². The maximum absolute atomic E-state index is 11.5. The van der Waals surface area contributed by atoms with E-state index in [0.717, 1.165) is 0 Å². The molecule has 0 saturated carbocycles. The first-order valence-corrected chi connectivity index (χ1v) is 6.39.